The zero-order valence-corrected chi connectivity index (χ0v) is 45.5. The number of halogens is 1. The maximum absolute atomic E-state index is 15.3. The van der Waals surface area contributed by atoms with Gasteiger partial charge in [-0.3, -0.25) is 34.0 Å². The molecule has 1 unspecified atom stereocenters. The lowest BCUT2D eigenvalue weighted by Crippen LogP contribution is -2.58. The normalized spacial score (nSPS) is 24.8. The van der Waals surface area contributed by atoms with Gasteiger partial charge < -0.3 is 29.5 Å². The Morgan fingerprint density at radius 1 is 0.785 bits per heavy atom. The summed E-state index contributed by atoms with van der Waals surface area (Å²) in [6.45, 7) is 9.35. The van der Waals surface area contributed by atoms with E-state index in [1.54, 1.807) is 18.2 Å². The van der Waals surface area contributed by atoms with Crippen molar-refractivity contribution in [1.29, 1.82) is 0 Å². The molecule has 4 saturated heterocycles. The minimum Gasteiger partial charge on any atom is -0.342 e. The number of hydrogen-bond acceptors (Lipinski definition) is 10. The molecule has 2 N–H and O–H groups in total. The van der Waals surface area contributed by atoms with E-state index in [0.717, 1.165) is 102 Å². The Kier molecular flexibility index (Phi) is 13.6. The first kappa shape index (κ1) is 51.4. The molecule has 1 atom stereocenters. The number of imidazole rings is 1. The molecule has 0 bridgehead atoms. The van der Waals surface area contributed by atoms with E-state index in [9.17, 15) is 19.2 Å². The van der Waals surface area contributed by atoms with Gasteiger partial charge in [0.1, 0.15) is 11.3 Å². The Morgan fingerprint density at radius 2 is 1.52 bits per heavy atom. The summed E-state index contributed by atoms with van der Waals surface area (Å²) in [5.41, 5.74) is 6.39. The third-order valence-corrected chi connectivity index (χ3v) is 19.2. The smallest absolute Gasteiger partial charge is 0.238 e. The van der Waals surface area contributed by atoms with Crippen LogP contribution in [0.3, 0.4) is 0 Å². The maximum Gasteiger partial charge on any atom is 0.238 e. The van der Waals surface area contributed by atoms with Gasteiger partial charge in [0.15, 0.2) is 5.82 Å². The van der Waals surface area contributed by atoms with Crippen molar-refractivity contribution in [2.75, 3.05) is 49.5 Å². The summed E-state index contributed by atoms with van der Waals surface area (Å²) >= 11 is 0. The molecule has 17 heteroatoms. The van der Waals surface area contributed by atoms with Gasteiger partial charge in [0.25, 0.3) is 0 Å². The number of imide groups is 1. The van der Waals surface area contributed by atoms with Gasteiger partial charge in [-0.15, -0.1) is 0 Å². The minimum atomic E-state index is -0.740. The monoisotopic (exact) mass is 1070 g/mol. The minimum absolute atomic E-state index is 0.0119. The molecule has 5 amide bonds. The summed E-state index contributed by atoms with van der Waals surface area (Å²) in [5.74, 6) is 0.0932. The number of piperidine rings is 4. The molecule has 6 aromatic rings. The first-order valence-electron chi connectivity index (χ1n) is 29.4. The summed E-state index contributed by atoms with van der Waals surface area (Å²) in [7, 11) is 0. The van der Waals surface area contributed by atoms with Gasteiger partial charge in [0.2, 0.25) is 29.5 Å². The Balaban J connectivity index is 0.656. The van der Waals surface area contributed by atoms with E-state index in [2.05, 4.69) is 52.5 Å². The van der Waals surface area contributed by atoms with Crippen LogP contribution in [0.25, 0.3) is 33.2 Å². The second-order valence-electron chi connectivity index (χ2n) is 24.3. The van der Waals surface area contributed by atoms with E-state index >= 15 is 9.18 Å². The molecule has 7 aliphatic rings. The van der Waals surface area contributed by atoms with Gasteiger partial charge in [-0.1, -0.05) is 36.8 Å². The number of fused-ring (bicyclic) bond motifs is 4. The number of hydrogen-bond donors (Lipinski definition) is 2. The van der Waals surface area contributed by atoms with Gasteiger partial charge in [0.05, 0.1) is 40.1 Å². The second kappa shape index (κ2) is 20.9. The molecular formula is C62H72FN11O5. The Hall–Kier alpha value is -7.01. The lowest BCUT2D eigenvalue weighted by atomic mass is 9.73. The molecule has 412 valence electrons. The van der Waals surface area contributed by atoms with Crippen molar-refractivity contribution in [3.63, 3.8) is 0 Å². The van der Waals surface area contributed by atoms with Gasteiger partial charge >= 0.3 is 0 Å². The van der Waals surface area contributed by atoms with Gasteiger partial charge in [-0.25, -0.2) is 14.4 Å². The summed E-state index contributed by atoms with van der Waals surface area (Å²) in [6.07, 6.45) is 16.3. The van der Waals surface area contributed by atoms with Gasteiger partial charge in [-0.05, 0) is 164 Å². The molecule has 13 rings (SSSR count). The fourth-order valence-corrected chi connectivity index (χ4v) is 14.6. The van der Waals surface area contributed by atoms with E-state index in [1.807, 2.05) is 55.8 Å². The van der Waals surface area contributed by atoms with E-state index < -0.39 is 5.41 Å². The fourth-order valence-electron chi connectivity index (χ4n) is 14.6. The number of rotatable bonds is 11. The van der Waals surface area contributed by atoms with Crippen LogP contribution in [0.2, 0.25) is 0 Å². The van der Waals surface area contributed by atoms with Crippen molar-refractivity contribution in [1.82, 2.24) is 44.3 Å². The molecule has 5 aliphatic heterocycles. The van der Waals surface area contributed by atoms with Crippen LogP contribution in [0.1, 0.15) is 133 Å². The Morgan fingerprint density at radius 3 is 2.25 bits per heavy atom. The van der Waals surface area contributed by atoms with Crippen LogP contribution in [0, 0.1) is 23.6 Å². The average Bonchev–Trinajstić information content (AvgIpc) is 4.21. The number of likely N-dealkylation sites (tertiary alicyclic amines) is 3. The predicted molar refractivity (Wildman–Crippen MR) is 300 cm³/mol. The van der Waals surface area contributed by atoms with Crippen molar-refractivity contribution >= 4 is 68.7 Å². The summed E-state index contributed by atoms with van der Waals surface area (Å²) in [6, 6.07) is 21.5. The molecule has 16 nitrogen and oxygen atoms in total. The molecule has 0 radical (unpaired) electrons. The topological polar surface area (TPSA) is 171 Å². The quantitative estimate of drug-likeness (QED) is 0.119. The summed E-state index contributed by atoms with van der Waals surface area (Å²) in [5, 5.41) is 11.6. The van der Waals surface area contributed by atoms with Crippen molar-refractivity contribution in [2.45, 2.75) is 146 Å². The Labute approximate surface area is 460 Å². The number of nitrogens with zero attached hydrogens (tertiary/aromatic N) is 9. The first-order chi connectivity index (χ1) is 38.4. The Bertz CT molecular complexity index is 3350. The molecule has 3 aromatic heterocycles. The predicted octanol–water partition coefficient (Wildman–Crippen LogP) is 9.40. The first-order valence-corrected chi connectivity index (χ1v) is 29.4. The van der Waals surface area contributed by atoms with E-state index in [0.29, 0.717) is 93.9 Å². The molecular weight excluding hydrogens is 998 g/mol. The highest BCUT2D eigenvalue weighted by Gasteiger charge is 2.56. The van der Waals surface area contributed by atoms with Crippen LogP contribution in [0.4, 0.5) is 21.6 Å². The number of amides is 5. The number of anilines is 3. The lowest BCUT2D eigenvalue weighted by molar-refractivity contribution is -0.144. The molecule has 1 spiro atoms. The van der Waals surface area contributed by atoms with E-state index in [4.69, 9.17) is 15.1 Å². The molecule has 3 aromatic carbocycles. The van der Waals surface area contributed by atoms with Crippen LogP contribution in [0.5, 0.6) is 0 Å². The summed E-state index contributed by atoms with van der Waals surface area (Å²) < 4.78 is 19.2. The van der Waals surface area contributed by atoms with Crippen LogP contribution < -0.4 is 15.5 Å². The highest BCUT2D eigenvalue weighted by Crippen LogP contribution is 2.52. The highest BCUT2D eigenvalue weighted by molar-refractivity contribution is 6.10. The van der Waals surface area contributed by atoms with Crippen molar-refractivity contribution in [3.05, 3.63) is 96.2 Å². The third-order valence-electron chi connectivity index (χ3n) is 19.2. The number of benzene rings is 3. The van der Waals surface area contributed by atoms with Crippen LogP contribution in [-0.2, 0) is 35.9 Å². The second-order valence-corrected chi connectivity index (χ2v) is 24.3. The number of para-hydroxylation sites is 1. The molecule has 79 heavy (non-hydrogen) atoms. The molecule has 2 saturated carbocycles. The number of carbonyl (C=O) groups excluding carboxylic acids is 5. The largest absolute Gasteiger partial charge is 0.342 e. The maximum atomic E-state index is 15.3. The third kappa shape index (κ3) is 9.56. The number of pyridine rings is 1. The zero-order chi connectivity index (χ0) is 54.1. The number of aromatic nitrogens is 5. The zero-order valence-electron chi connectivity index (χ0n) is 45.5. The SMILES string of the molecule is CC(C)n1cnc2cc(-c3ccc4c(c3)N([C@H]3C[C@@H](N5CCCCC5)C3)C(=O)C43CCN(C(=O)C4CCN(C(=O)[C@H]5CC[C@H](Cn6cc7cc(C8CCC(=O)NC8=O)ccc7n6)CC5)CC4)CC3)nc(Nc3ccccc3F)c21. The molecule has 6 fully saturated rings. The van der Waals surface area contributed by atoms with E-state index in [-0.39, 0.29) is 65.2 Å². The average molecular weight is 1070 g/mol. The van der Waals surface area contributed by atoms with Crippen LogP contribution >= 0.6 is 0 Å². The van der Waals surface area contributed by atoms with E-state index in [1.165, 1.54) is 25.3 Å². The number of carbonyl (C=O) groups is 5. The van der Waals surface area contributed by atoms with Crippen molar-refractivity contribution in [3.8, 4) is 11.3 Å². The standard InChI is InChI=1S/C62H72FN11O5/c1-38(2)73-37-64-53-34-52(66-57(56(53)73)65-51-9-5-4-8-49(51)63)43-14-17-48-54(31-43)74(46-32-45(33-46)69-24-6-3-7-25-69)61(79)62(48)22-28-71(29-23-62)60(78)41-20-26-70(27-21-41)59(77)40-12-10-39(11-13-40)35-72-36-44-30-42(15-18-50(44)68-72)47-16-19-55(75)67-58(47)76/h4-5,8-9,14-15,17-18,30-31,34,36-41,45-47H,3,6-7,10-13,16,19-29,32-33,35H2,1-2H3,(H,65,66)(H,67,75,76)/t39-,40-,45-,46+,47?. The van der Waals surface area contributed by atoms with Gasteiger partial charge in [0, 0.05) is 91.9 Å². The summed E-state index contributed by atoms with van der Waals surface area (Å²) in [4.78, 5) is 86.6. The van der Waals surface area contributed by atoms with Crippen molar-refractivity contribution < 1.29 is 28.4 Å². The fraction of sp³-hybridized carbons (Fsp3) is 0.516. The van der Waals surface area contributed by atoms with Gasteiger partial charge in [-0.2, -0.15) is 5.10 Å². The number of nitrogens with one attached hydrogen (secondary N) is 2. The van der Waals surface area contributed by atoms with Crippen LogP contribution in [0.15, 0.2) is 79.3 Å². The van der Waals surface area contributed by atoms with Crippen molar-refractivity contribution in [2.24, 2.45) is 17.8 Å². The highest BCUT2D eigenvalue weighted by atomic mass is 19.1. The van der Waals surface area contributed by atoms with Crippen LogP contribution in [-0.4, -0.2) is 120 Å². The molecule has 2 aliphatic carbocycles. The lowest BCUT2D eigenvalue weighted by Gasteiger charge is -2.48. The molecule has 8 heterocycles.